The summed E-state index contributed by atoms with van der Waals surface area (Å²) in [6, 6.07) is 6.94. The fraction of sp³-hybridized carbons (Fsp3) is 0.647. The van der Waals surface area contributed by atoms with E-state index in [1.165, 1.54) is 12.0 Å². The van der Waals surface area contributed by atoms with Crippen molar-refractivity contribution in [2.45, 2.75) is 37.5 Å². The number of likely N-dealkylation sites (N-methyl/N-ethyl adjacent to an activating group) is 1. The molecule has 3 atom stereocenters. The number of methoxy groups -OCH3 is 1. The average molecular weight is 290 g/mol. The average Bonchev–Trinajstić information content (AvgIpc) is 2.97. The normalized spacial score (nSPS) is 29.7. The molecule has 2 aliphatic rings. The van der Waals surface area contributed by atoms with Gasteiger partial charge >= 0.3 is 0 Å². The molecule has 1 heterocycles. The lowest BCUT2D eigenvalue weighted by molar-refractivity contribution is 0.0456. The molecule has 1 aromatic rings. The quantitative estimate of drug-likeness (QED) is 0.919. The molecule has 0 saturated carbocycles. The van der Waals surface area contributed by atoms with Crippen LogP contribution in [0.3, 0.4) is 0 Å². The third kappa shape index (κ3) is 2.80. The molecular weight excluding hydrogens is 264 g/mol. The van der Waals surface area contributed by atoms with Gasteiger partial charge in [-0.1, -0.05) is 6.07 Å². The molecule has 21 heavy (non-hydrogen) atoms. The molecule has 3 unspecified atom stereocenters. The van der Waals surface area contributed by atoms with Crippen molar-refractivity contribution in [3.05, 3.63) is 29.3 Å². The van der Waals surface area contributed by atoms with Crippen molar-refractivity contribution in [1.82, 2.24) is 9.80 Å². The van der Waals surface area contributed by atoms with Crippen LogP contribution in [0, 0.1) is 0 Å². The number of benzene rings is 1. The van der Waals surface area contributed by atoms with Crippen LogP contribution in [0.4, 0.5) is 0 Å². The fourth-order valence-electron chi connectivity index (χ4n) is 3.76. The van der Waals surface area contributed by atoms with E-state index in [4.69, 9.17) is 4.74 Å². The van der Waals surface area contributed by atoms with E-state index < -0.39 is 0 Å². The van der Waals surface area contributed by atoms with E-state index in [1.54, 1.807) is 7.11 Å². The highest BCUT2D eigenvalue weighted by Gasteiger charge is 2.36. The summed E-state index contributed by atoms with van der Waals surface area (Å²) in [6.45, 7) is 2.16. The standard InChI is InChI=1S/C17H26N2O2/c1-18(2)13-8-9-19(11-13)16-7-4-12-10-14(21-3)5-6-15(12)17(16)20/h5-6,10,13,16-17,20H,4,7-9,11H2,1-3H3. The van der Waals surface area contributed by atoms with Gasteiger partial charge < -0.3 is 14.7 Å². The van der Waals surface area contributed by atoms with Gasteiger partial charge in [0.15, 0.2) is 0 Å². The highest BCUT2D eigenvalue weighted by atomic mass is 16.5. The first kappa shape index (κ1) is 14.8. The maximum atomic E-state index is 10.8. The van der Waals surface area contributed by atoms with Crippen LogP contribution in [0.2, 0.25) is 0 Å². The zero-order valence-electron chi connectivity index (χ0n) is 13.2. The summed E-state index contributed by atoms with van der Waals surface area (Å²) in [7, 11) is 5.98. The minimum Gasteiger partial charge on any atom is -0.497 e. The molecule has 1 aliphatic heterocycles. The predicted octanol–water partition coefficient (Wildman–Crippen LogP) is 1.68. The number of nitrogens with zero attached hydrogens (tertiary/aromatic N) is 2. The van der Waals surface area contributed by atoms with Gasteiger partial charge in [0.1, 0.15) is 5.75 Å². The van der Waals surface area contributed by atoms with Crippen molar-refractivity contribution in [1.29, 1.82) is 0 Å². The third-order valence-electron chi connectivity index (χ3n) is 5.14. The van der Waals surface area contributed by atoms with Crippen LogP contribution in [-0.2, 0) is 6.42 Å². The molecule has 4 heteroatoms. The summed E-state index contributed by atoms with van der Waals surface area (Å²) < 4.78 is 5.28. The van der Waals surface area contributed by atoms with Crippen LogP contribution >= 0.6 is 0 Å². The Morgan fingerprint density at radius 2 is 2.10 bits per heavy atom. The largest absolute Gasteiger partial charge is 0.497 e. The van der Waals surface area contributed by atoms with Gasteiger partial charge in [0.05, 0.1) is 13.2 Å². The molecule has 1 aromatic carbocycles. The van der Waals surface area contributed by atoms with Gasteiger partial charge in [-0.05, 0) is 56.6 Å². The van der Waals surface area contributed by atoms with Gasteiger partial charge in [-0.2, -0.15) is 0 Å². The van der Waals surface area contributed by atoms with Gasteiger partial charge in [0.25, 0.3) is 0 Å². The Morgan fingerprint density at radius 3 is 2.76 bits per heavy atom. The number of likely N-dealkylation sites (tertiary alicyclic amines) is 1. The molecule has 1 saturated heterocycles. The second-order valence-electron chi connectivity index (χ2n) is 6.52. The number of fused-ring (bicyclic) bond motifs is 1. The minimum absolute atomic E-state index is 0.260. The number of hydrogen-bond acceptors (Lipinski definition) is 4. The molecule has 3 rings (SSSR count). The van der Waals surface area contributed by atoms with E-state index in [1.807, 2.05) is 12.1 Å². The van der Waals surface area contributed by atoms with E-state index in [2.05, 4.69) is 30.0 Å². The monoisotopic (exact) mass is 290 g/mol. The highest BCUT2D eigenvalue weighted by molar-refractivity contribution is 5.39. The van der Waals surface area contributed by atoms with Crippen molar-refractivity contribution in [2.24, 2.45) is 0 Å². The SMILES string of the molecule is COc1ccc2c(c1)CCC(N1CCC(N(C)C)C1)C2O. The topological polar surface area (TPSA) is 35.9 Å². The molecule has 116 valence electrons. The lowest BCUT2D eigenvalue weighted by atomic mass is 9.85. The second kappa shape index (κ2) is 5.95. The molecule has 1 fully saturated rings. The van der Waals surface area contributed by atoms with Crippen LogP contribution in [0.15, 0.2) is 18.2 Å². The van der Waals surface area contributed by atoms with Crippen molar-refractivity contribution in [3.8, 4) is 5.75 Å². The fourth-order valence-corrected chi connectivity index (χ4v) is 3.76. The highest BCUT2D eigenvalue weighted by Crippen LogP contribution is 2.36. The Balaban J connectivity index is 1.75. The van der Waals surface area contributed by atoms with E-state index in [0.29, 0.717) is 6.04 Å². The molecule has 0 spiro atoms. The van der Waals surface area contributed by atoms with Gasteiger partial charge in [0, 0.05) is 25.2 Å². The number of rotatable bonds is 3. The van der Waals surface area contributed by atoms with Crippen molar-refractivity contribution >= 4 is 0 Å². The maximum absolute atomic E-state index is 10.8. The first-order valence-electron chi connectivity index (χ1n) is 7.85. The lowest BCUT2D eigenvalue weighted by Gasteiger charge is -2.37. The Hall–Kier alpha value is -1.10. The first-order chi connectivity index (χ1) is 10.1. The summed E-state index contributed by atoms with van der Waals surface area (Å²) in [5, 5.41) is 10.8. The molecule has 0 aromatic heterocycles. The lowest BCUT2D eigenvalue weighted by Crippen LogP contribution is -2.42. The van der Waals surface area contributed by atoms with Crippen LogP contribution in [0.25, 0.3) is 0 Å². The van der Waals surface area contributed by atoms with Crippen molar-refractivity contribution < 1.29 is 9.84 Å². The van der Waals surface area contributed by atoms with E-state index >= 15 is 0 Å². The third-order valence-corrected chi connectivity index (χ3v) is 5.14. The zero-order chi connectivity index (χ0) is 15.0. The number of hydrogen-bond donors (Lipinski definition) is 1. The summed E-state index contributed by atoms with van der Waals surface area (Å²) in [6.07, 6.45) is 2.88. The molecule has 1 N–H and O–H groups in total. The van der Waals surface area contributed by atoms with Gasteiger partial charge in [0.2, 0.25) is 0 Å². The van der Waals surface area contributed by atoms with Crippen LogP contribution in [-0.4, -0.2) is 61.3 Å². The summed E-state index contributed by atoms with van der Waals surface area (Å²) >= 11 is 0. The number of aliphatic hydroxyl groups excluding tert-OH is 1. The Labute approximate surface area is 127 Å². The van der Waals surface area contributed by atoms with Gasteiger partial charge in [-0.3, -0.25) is 4.90 Å². The molecule has 0 bridgehead atoms. The maximum Gasteiger partial charge on any atom is 0.119 e. The molecule has 0 radical (unpaired) electrons. The second-order valence-corrected chi connectivity index (χ2v) is 6.52. The molecule has 0 amide bonds. The van der Waals surface area contributed by atoms with Crippen LogP contribution < -0.4 is 4.74 Å². The van der Waals surface area contributed by atoms with Gasteiger partial charge in [-0.25, -0.2) is 0 Å². The summed E-state index contributed by atoms with van der Waals surface area (Å²) in [5.41, 5.74) is 2.32. The molecule has 1 aliphatic carbocycles. The summed E-state index contributed by atoms with van der Waals surface area (Å²) in [5.74, 6) is 0.883. The van der Waals surface area contributed by atoms with E-state index in [9.17, 15) is 5.11 Å². The Morgan fingerprint density at radius 1 is 1.29 bits per heavy atom. The van der Waals surface area contributed by atoms with E-state index in [0.717, 1.165) is 37.2 Å². The van der Waals surface area contributed by atoms with Gasteiger partial charge in [-0.15, -0.1) is 0 Å². The smallest absolute Gasteiger partial charge is 0.119 e. The van der Waals surface area contributed by atoms with E-state index in [-0.39, 0.29) is 12.1 Å². The van der Waals surface area contributed by atoms with Crippen LogP contribution in [0.5, 0.6) is 5.75 Å². The zero-order valence-corrected chi connectivity index (χ0v) is 13.2. The minimum atomic E-state index is -0.374. The first-order valence-corrected chi connectivity index (χ1v) is 7.85. The number of aliphatic hydroxyl groups is 1. The van der Waals surface area contributed by atoms with Crippen molar-refractivity contribution in [2.75, 3.05) is 34.3 Å². The summed E-state index contributed by atoms with van der Waals surface area (Å²) in [4.78, 5) is 4.77. The number of aryl methyl sites for hydroxylation is 1. The molecule has 4 nitrogen and oxygen atoms in total. The molecular formula is C17H26N2O2. The Kier molecular flexibility index (Phi) is 4.20. The van der Waals surface area contributed by atoms with Crippen LogP contribution in [0.1, 0.15) is 30.1 Å². The number of ether oxygens (including phenoxy) is 1. The Bertz CT molecular complexity index is 504. The van der Waals surface area contributed by atoms with Crippen molar-refractivity contribution in [3.63, 3.8) is 0 Å². The predicted molar refractivity (Wildman–Crippen MR) is 83.7 cm³/mol.